The van der Waals surface area contributed by atoms with Gasteiger partial charge < -0.3 is 14.4 Å². The number of pyridine rings is 1. The first-order valence-electron chi connectivity index (χ1n) is 12.1. The zero-order valence-corrected chi connectivity index (χ0v) is 21.1. The van der Waals surface area contributed by atoms with Crippen LogP contribution in [-0.4, -0.2) is 63.3 Å². The van der Waals surface area contributed by atoms with Gasteiger partial charge in [-0.15, -0.1) is 0 Å². The van der Waals surface area contributed by atoms with Gasteiger partial charge in [0.25, 0.3) is 5.91 Å². The van der Waals surface area contributed by atoms with Crippen molar-refractivity contribution in [2.45, 2.75) is 18.9 Å². The lowest BCUT2D eigenvalue weighted by Gasteiger charge is -2.18. The van der Waals surface area contributed by atoms with Gasteiger partial charge in [-0.1, -0.05) is 12.6 Å². The van der Waals surface area contributed by atoms with Crippen molar-refractivity contribution < 1.29 is 19.1 Å². The van der Waals surface area contributed by atoms with Gasteiger partial charge >= 0.3 is 0 Å². The van der Waals surface area contributed by atoms with E-state index in [1.54, 1.807) is 40.9 Å². The second-order valence-corrected chi connectivity index (χ2v) is 9.04. The molecule has 1 amide bonds. The summed E-state index contributed by atoms with van der Waals surface area (Å²) >= 11 is 0. The monoisotopic (exact) mass is 510 g/mol. The molecule has 0 saturated carbocycles. The Labute approximate surface area is 219 Å². The quantitative estimate of drug-likeness (QED) is 0.333. The SMILES string of the molecule is C=CC(=O)Cc1ccc(C(=O)N2CC[C@H](n3cc(-c4cc(OC)c5c(C#N)cnn5c4)cn3)C2)cc1OC. The minimum atomic E-state index is -0.113. The Morgan fingerprint density at radius 2 is 1.95 bits per heavy atom. The Bertz CT molecular complexity index is 1590. The topological polar surface area (TPSA) is 115 Å². The van der Waals surface area contributed by atoms with Crippen LogP contribution < -0.4 is 9.47 Å². The molecule has 38 heavy (non-hydrogen) atoms. The van der Waals surface area contributed by atoms with Crippen LogP contribution in [0.15, 0.2) is 61.7 Å². The molecule has 10 nitrogen and oxygen atoms in total. The Balaban J connectivity index is 1.32. The van der Waals surface area contributed by atoms with Crippen molar-refractivity contribution in [3.63, 3.8) is 0 Å². The zero-order valence-electron chi connectivity index (χ0n) is 21.1. The van der Waals surface area contributed by atoms with E-state index in [-0.39, 0.29) is 24.2 Å². The van der Waals surface area contributed by atoms with E-state index in [1.165, 1.54) is 19.4 Å². The van der Waals surface area contributed by atoms with E-state index in [0.29, 0.717) is 46.8 Å². The first kappa shape index (κ1) is 24.8. The Kier molecular flexibility index (Phi) is 6.66. The van der Waals surface area contributed by atoms with Gasteiger partial charge in [0.05, 0.1) is 32.7 Å². The van der Waals surface area contributed by atoms with Crippen molar-refractivity contribution >= 4 is 17.2 Å². The lowest BCUT2D eigenvalue weighted by Crippen LogP contribution is -2.29. The Hall–Kier alpha value is -4.91. The summed E-state index contributed by atoms with van der Waals surface area (Å²) in [6.07, 6.45) is 9.29. The summed E-state index contributed by atoms with van der Waals surface area (Å²) in [7, 11) is 3.08. The molecular formula is C28H26N6O4. The molecule has 0 N–H and O–H groups in total. The third-order valence-electron chi connectivity index (χ3n) is 6.80. The molecule has 4 aromatic rings. The summed E-state index contributed by atoms with van der Waals surface area (Å²) < 4.78 is 14.5. The molecule has 1 saturated heterocycles. The second kappa shape index (κ2) is 10.2. The van der Waals surface area contributed by atoms with E-state index in [2.05, 4.69) is 22.8 Å². The second-order valence-electron chi connectivity index (χ2n) is 9.04. The average Bonchev–Trinajstić information content (AvgIpc) is 3.71. The number of nitriles is 1. The minimum Gasteiger partial charge on any atom is -0.496 e. The number of ketones is 1. The molecule has 1 atom stereocenters. The third-order valence-corrected chi connectivity index (χ3v) is 6.80. The van der Waals surface area contributed by atoms with Gasteiger partial charge in [-0.2, -0.15) is 15.5 Å². The molecule has 1 aliphatic heterocycles. The highest BCUT2D eigenvalue weighted by Crippen LogP contribution is 2.31. The number of benzene rings is 1. The fourth-order valence-electron chi connectivity index (χ4n) is 4.77. The number of aromatic nitrogens is 4. The highest BCUT2D eigenvalue weighted by atomic mass is 16.5. The fourth-order valence-corrected chi connectivity index (χ4v) is 4.77. The normalized spacial score (nSPS) is 14.9. The molecule has 0 radical (unpaired) electrons. The van der Waals surface area contributed by atoms with Crippen molar-refractivity contribution in [3.05, 3.63) is 78.4 Å². The number of amides is 1. The summed E-state index contributed by atoms with van der Waals surface area (Å²) in [6.45, 7) is 4.63. The lowest BCUT2D eigenvalue weighted by molar-refractivity contribution is -0.114. The van der Waals surface area contributed by atoms with Crippen molar-refractivity contribution in [1.29, 1.82) is 5.26 Å². The van der Waals surface area contributed by atoms with Gasteiger partial charge in [-0.05, 0) is 30.7 Å². The smallest absolute Gasteiger partial charge is 0.254 e. The molecule has 1 aliphatic rings. The van der Waals surface area contributed by atoms with E-state index in [4.69, 9.17) is 9.47 Å². The standard InChI is InChI=1S/C28H26N6O4/c1-4-24(35)9-18-5-6-19(10-25(18)37-2)28(36)32-8-7-23(17-32)33-16-22(14-30-33)20-11-26(38-3)27-21(12-29)13-31-34(27)15-20/h4-6,10-11,13-16,23H,1,7-9,17H2,2-3H3/t23-/m0/s1. The predicted molar refractivity (Wildman–Crippen MR) is 139 cm³/mol. The van der Waals surface area contributed by atoms with Crippen LogP contribution in [0.25, 0.3) is 16.6 Å². The average molecular weight is 511 g/mol. The molecule has 3 aromatic heterocycles. The number of likely N-dealkylation sites (tertiary alicyclic amines) is 1. The molecule has 4 heterocycles. The van der Waals surface area contributed by atoms with Crippen LogP contribution in [0.2, 0.25) is 0 Å². The summed E-state index contributed by atoms with van der Waals surface area (Å²) in [4.78, 5) is 26.8. The fraction of sp³-hybridized carbons (Fsp3) is 0.250. The number of nitrogens with zero attached hydrogens (tertiary/aromatic N) is 6. The maximum Gasteiger partial charge on any atom is 0.254 e. The van der Waals surface area contributed by atoms with Crippen molar-refractivity contribution in [2.75, 3.05) is 27.3 Å². The van der Waals surface area contributed by atoms with Gasteiger partial charge in [0.1, 0.15) is 28.6 Å². The highest BCUT2D eigenvalue weighted by Gasteiger charge is 2.29. The van der Waals surface area contributed by atoms with Gasteiger partial charge in [0.15, 0.2) is 5.78 Å². The van der Waals surface area contributed by atoms with Crippen molar-refractivity contribution in [3.8, 4) is 28.7 Å². The van der Waals surface area contributed by atoms with Crippen LogP contribution >= 0.6 is 0 Å². The highest BCUT2D eigenvalue weighted by molar-refractivity contribution is 5.96. The number of hydrogen-bond donors (Lipinski definition) is 0. The third kappa shape index (κ3) is 4.50. The Morgan fingerprint density at radius 1 is 1.13 bits per heavy atom. The molecule has 0 aliphatic carbocycles. The summed E-state index contributed by atoms with van der Waals surface area (Å²) in [5.74, 6) is 0.849. The molecular weight excluding hydrogens is 484 g/mol. The van der Waals surface area contributed by atoms with Crippen LogP contribution in [0.3, 0.4) is 0 Å². The molecule has 0 spiro atoms. The molecule has 1 aromatic carbocycles. The molecule has 10 heteroatoms. The zero-order chi connectivity index (χ0) is 26.8. The molecule has 0 bridgehead atoms. The molecule has 0 unspecified atom stereocenters. The molecule has 1 fully saturated rings. The summed E-state index contributed by atoms with van der Waals surface area (Å²) in [6, 6.07) is 9.19. The maximum atomic E-state index is 13.2. The van der Waals surface area contributed by atoms with Gasteiger partial charge in [-0.3, -0.25) is 14.3 Å². The molecule has 192 valence electrons. The van der Waals surface area contributed by atoms with Crippen LogP contribution in [-0.2, 0) is 11.2 Å². The van der Waals surface area contributed by atoms with E-state index in [9.17, 15) is 14.9 Å². The Morgan fingerprint density at radius 3 is 2.68 bits per heavy atom. The van der Waals surface area contributed by atoms with Crippen molar-refractivity contribution in [1.82, 2.24) is 24.3 Å². The van der Waals surface area contributed by atoms with Crippen LogP contribution in [0.4, 0.5) is 0 Å². The van der Waals surface area contributed by atoms with Crippen LogP contribution in [0.1, 0.15) is 33.9 Å². The first-order valence-corrected chi connectivity index (χ1v) is 12.1. The number of allylic oxidation sites excluding steroid dienone is 1. The van der Waals surface area contributed by atoms with E-state index in [1.807, 2.05) is 23.1 Å². The first-order chi connectivity index (χ1) is 18.4. The van der Waals surface area contributed by atoms with Crippen LogP contribution in [0, 0.1) is 11.3 Å². The lowest BCUT2D eigenvalue weighted by atomic mass is 10.0. The number of fused-ring (bicyclic) bond motifs is 1. The van der Waals surface area contributed by atoms with Crippen LogP contribution in [0.5, 0.6) is 11.5 Å². The van der Waals surface area contributed by atoms with E-state index < -0.39 is 0 Å². The minimum absolute atomic E-state index is 0.0274. The number of carbonyl (C=O) groups excluding carboxylic acids is 2. The van der Waals surface area contributed by atoms with E-state index in [0.717, 1.165) is 17.5 Å². The van der Waals surface area contributed by atoms with Gasteiger partial charge in [0.2, 0.25) is 0 Å². The summed E-state index contributed by atoms with van der Waals surface area (Å²) in [5, 5.41) is 18.2. The number of methoxy groups -OCH3 is 2. The number of rotatable bonds is 8. The molecule has 5 rings (SSSR count). The van der Waals surface area contributed by atoms with Crippen molar-refractivity contribution in [2.24, 2.45) is 0 Å². The maximum absolute atomic E-state index is 13.2. The number of ether oxygens (including phenoxy) is 2. The van der Waals surface area contributed by atoms with Gasteiger partial charge in [-0.25, -0.2) is 4.52 Å². The largest absolute Gasteiger partial charge is 0.496 e. The summed E-state index contributed by atoms with van der Waals surface area (Å²) in [5.41, 5.74) is 4.01. The predicted octanol–water partition coefficient (Wildman–Crippen LogP) is 3.47. The van der Waals surface area contributed by atoms with E-state index >= 15 is 0 Å². The number of hydrogen-bond acceptors (Lipinski definition) is 7. The number of carbonyl (C=O) groups is 2. The van der Waals surface area contributed by atoms with Gasteiger partial charge in [0, 0.05) is 54.2 Å².